The quantitative estimate of drug-likeness (QED) is 0.575. The fourth-order valence-corrected chi connectivity index (χ4v) is 0.167. The van der Waals surface area contributed by atoms with Crippen LogP contribution in [0.5, 0.6) is 0 Å². The zero-order valence-corrected chi connectivity index (χ0v) is 7.82. The van der Waals surface area contributed by atoms with Crippen molar-refractivity contribution in [3.63, 3.8) is 0 Å². The van der Waals surface area contributed by atoms with E-state index in [1.165, 1.54) is 0 Å². The summed E-state index contributed by atoms with van der Waals surface area (Å²) in [5.41, 5.74) is 0. The molecule has 0 aliphatic heterocycles. The monoisotopic (exact) mass is 176 g/mol. The molecule has 0 bridgehead atoms. The van der Waals surface area contributed by atoms with Crippen molar-refractivity contribution >= 4 is 0 Å². The summed E-state index contributed by atoms with van der Waals surface area (Å²) >= 11 is 0. The van der Waals surface area contributed by atoms with E-state index in [0.29, 0.717) is 0 Å². The van der Waals surface area contributed by atoms with Gasteiger partial charge in [0.2, 0.25) is 0 Å². The maximum atomic E-state index is 4.79. The van der Waals surface area contributed by atoms with E-state index in [4.69, 9.17) is 4.74 Å². The van der Waals surface area contributed by atoms with Crippen LogP contribution in [0.15, 0.2) is 0 Å². The number of rotatable bonds is 2. The number of ether oxygens (including phenoxy) is 1. The van der Waals surface area contributed by atoms with Crippen LogP contribution in [0.25, 0.3) is 0 Å². The van der Waals surface area contributed by atoms with Crippen LogP contribution in [0.4, 0.5) is 0 Å². The van der Waals surface area contributed by atoms with Gasteiger partial charge in [-0.05, 0) is 0 Å². The van der Waals surface area contributed by atoms with Crippen molar-refractivity contribution in [2.45, 2.75) is 19.4 Å². The molecule has 0 aromatic carbocycles. The molecule has 0 N–H and O–H groups in total. The molecule has 1 unspecified atom stereocenters. The van der Waals surface area contributed by atoms with Gasteiger partial charge in [0.25, 0.3) is 0 Å². The fraction of sp³-hybridized carbons (Fsp3) is 0.800. The van der Waals surface area contributed by atoms with Crippen molar-refractivity contribution in [1.82, 2.24) is 0 Å². The van der Waals surface area contributed by atoms with Crippen LogP contribution < -0.4 is 0 Å². The van der Waals surface area contributed by atoms with Crippen molar-refractivity contribution in [2.24, 2.45) is 0 Å². The van der Waals surface area contributed by atoms with Gasteiger partial charge < -0.3 is 11.7 Å². The molecule has 0 saturated carbocycles. The summed E-state index contributed by atoms with van der Waals surface area (Å²) in [4.78, 5) is 0. The molecule has 7 heavy (non-hydrogen) atoms. The maximum absolute atomic E-state index is 4.79. The molecule has 0 aromatic heterocycles. The van der Waals surface area contributed by atoms with E-state index in [1.54, 1.807) is 7.11 Å². The third-order valence-corrected chi connectivity index (χ3v) is 0.789. The van der Waals surface area contributed by atoms with E-state index in [0.717, 1.165) is 6.42 Å². The minimum Gasteiger partial charge on any atom is -0.413 e. The second-order valence-corrected chi connectivity index (χ2v) is 1.27. The van der Waals surface area contributed by atoms with Crippen molar-refractivity contribution in [1.29, 1.82) is 0 Å². The third kappa shape index (κ3) is 7.06. The topological polar surface area (TPSA) is 9.23 Å². The van der Waals surface area contributed by atoms with E-state index in [9.17, 15) is 0 Å². The molecule has 0 aliphatic rings. The molecule has 0 fully saturated rings. The molecule has 0 heterocycles. The minimum atomic E-state index is 0. The van der Waals surface area contributed by atoms with Gasteiger partial charge >= 0.3 is 0 Å². The SMILES string of the molecule is [CH2-]C(CC)OC.[Y]. The van der Waals surface area contributed by atoms with Crippen LogP contribution in [0.1, 0.15) is 13.3 Å². The molecule has 0 aromatic rings. The largest absolute Gasteiger partial charge is 0.413 e. The Morgan fingerprint density at radius 3 is 2.14 bits per heavy atom. The molecule has 0 rings (SSSR count). The Morgan fingerprint density at radius 1 is 1.71 bits per heavy atom. The molecule has 0 spiro atoms. The van der Waals surface area contributed by atoms with Crippen molar-refractivity contribution in [3.8, 4) is 0 Å². The van der Waals surface area contributed by atoms with E-state index >= 15 is 0 Å². The Bertz CT molecular complexity index is 27.3. The number of methoxy groups -OCH3 is 1. The predicted octanol–water partition coefficient (Wildman–Crippen LogP) is 1.24. The molecule has 0 aliphatic carbocycles. The van der Waals surface area contributed by atoms with E-state index in [1.807, 2.05) is 6.92 Å². The molecular formula is C5H11OY-. The van der Waals surface area contributed by atoms with Crippen LogP contribution in [-0.2, 0) is 37.4 Å². The van der Waals surface area contributed by atoms with Gasteiger partial charge in [-0.3, -0.25) is 0 Å². The standard InChI is InChI=1S/C5H11O.Y/c1-4-5(2)6-3;/h5H,2,4H2,1,3H3;/q-1;. The summed E-state index contributed by atoms with van der Waals surface area (Å²) in [7, 11) is 1.67. The predicted molar refractivity (Wildman–Crippen MR) is 26.4 cm³/mol. The summed E-state index contributed by atoms with van der Waals surface area (Å²) in [5, 5.41) is 0. The van der Waals surface area contributed by atoms with Gasteiger partial charge in [0, 0.05) is 39.8 Å². The van der Waals surface area contributed by atoms with Gasteiger partial charge in [0.15, 0.2) is 0 Å². The average Bonchev–Trinajstić information content (AvgIpc) is 1.65. The maximum Gasteiger partial charge on any atom is 0.0322 e. The summed E-state index contributed by atoms with van der Waals surface area (Å²) in [6.07, 6.45) is 1.18. The van der Waals surface area contributed by atoms with Crippen molar-refractivity contribution in [2.75, 3.05) is 7.11 Å². The first-order valence-electron chi connectivity index (χ1n) is 2.17. The van der Waals surface area contributed by atoms with Crippen molar-refractivity contribution < 1.29 is 37.4 Å². The Labute approximate surface area is 70.7 Å². The van der Waals surface area contributed by atoms with Crippen LogP contribution in [0.2, 0.25) is 0 Å². The third-order valence-electron chi connectivity index (χ3n) is 0.789. The molecule has 1 nitrogen and oxygen atoms in total. The van der Waals surface area contributed by atoms with Crippen LogP contribution in [-0.4, -0.2) is 13.2 Å². The summed E-state index contributed by atoms with van der Waals surface area (Å²) in [5.74, 6) is 0. The molecule has 0 saturated heterocycles. The van der Waals surface area contributed by atoms with Gasteiger partial charge in [-0.2, -0.15) is 0 Å². The summed E-state index contributed by atoms with van der Waals surface area (Å²) in [6, 6.07) is 0. The van der Waals surface area contributed by atoms with Crippen molar-refractivity contribution in [3.05, 3.63) is 6.92 Å². The first-order valence-corrected chi connectivity index (χ1v) is 2.17. The molecule has 2 heteroatoms. The zero-order valence-electron chi connectivity index (χ0n) is 4.98. The van der Waals surface area contributed by atoms with E-state index < -0.39 is 0 Å². The number of hydrogen-bond acceptors (Lipinski definition) is 1. The van der Waals surface area contributed by atoms with Crippen LogP contribution >= 0.6 is 0 Å². The number of hydrogen-bond donors (Lipinski definition) is 0. The Kier molecular flexibility index (Phi) is 11.0. The van der Waals surface area contributed by atoms with Gasteiger partial charge in [0.1, 0.15) is 0 Å². The second kappa shape index (κ2) is 7.06. The van der Waals surface area contributed by atoms with Crippen LogP contribution in [0.3, 0.4) is 0 Å². The van der Waals surface area contributed by atoms with Gasteiger partial charge in [-0.15, -0.1) is 0 Å². The van der Waals surface area contributed by atoms with Gasteiger partial charge in [-0.1, -0.05) is 19.4 Å². The van der Waals surface area contributed by atoms with Gasteiger partial charge in [0.05, 0.1) is 0 Å². The fourth-order valence-electron chi connectivity index (χ4n) is 0.167. The molecule has 1 atom stereocenters. The Balaban J connectivity index is 0. The zero-order chi connectivity index (χ0) is 4.99. The first kappa shape index (κ1) is 10.9. The average molecular weight is 176 g/mol. The molecule has 1 radical (unpaired) electrons. The Morgan fingerprint density at radius 2 is 2.14 bits per heavy atom. The normalized spacial score (nSPS) is 12.4. The van der Waals surface area contributed by atoms with Gasteiger partial charge in [-0.25, -0.2) is 0 Å². The minimum absolute atomic E-state index is 0. The molecular weight excluding hydrogens is 165 g/mol. The Hall–Kier alpha value is 1.06. The van der Waals surface area contributed by atoms with E-state index in [2.05, 4.69) is 6.92 Å². The summed E-state index contributed by atoms with van der Waals surface area (Å²) in [6.45, 7) is 5.70. The summed E-state index contributed by atoms with van der Waals surface area (Å²) < 4.78 is 4.79. The smallest absolute Gasteiger partial charge is 0.0322 e. The molecule has 0 amide bonds. The molecule has 41 valence electrons. The van der Waals surface area contributed by atoms with Crippen LogP contribution in [0, 0.1) is 6.92 Å². The second-order valence-electron chi connectivity index (χ2n) is 1.27. The van der Waals surface area contributed by atoms with E-state index in [-0.39, 0.29) is 38.8 Å². The first-order chi connectivity index (χ1) is 2.81.